The molecule has 0 heterocycles. The first-order valence-corrected chi connectivity index (χ1v) is 7.80. The van der Waals surface area contributed by atoms with Crippen molar-refractivity contribution >= 4 is 29.0 Å². The molecule has 2 aromatic carbocycles. The average molecular weight is 405 g/mol. The fraction of sp³-hybridized carbons (Fsp3) is 0.188. The van der Waals surface area contributed by atoms with Gasteiger partial charge < -0.3 is 9.47 Å². The van der Waals surface area contributed by atoms with Crippen LogP contribution >= 0.6 is 0 Å². The molecule has 0 bridgehead atoms. The van der Waals surface area contributed by atoms with E-state index in [2.05, 4.69) is 5.10 Å². The SMILES string of the molecule is COc1ccc(C=NN(C)c2c([N+](=O)[O-])cc([N+](=O)[O-])cc2[N+](=O)[O-])c(OC)c1. The molecule has 0 N–H and O–H groups in total. The predicted octanol–water partition coefficient (Wildman–Crippen LogP) is 2.90. The maximum Gasteiger partial charge on any atom is 0.308 e. The zero-order chi connectivity index (χ0) is 21.7. The summed E-state index contributed by atoms with van der Waals surface area (Å²) >= 11 is 0. The Morgan fingerprint density at radius 1 is 0.931 bits per heavy atom. The molecule has 13 heteroatoms. The second-order valence-electron chi connectivity index (χ2n) is 5.48. The molecule has 0 aliphatic rings. The molecule has 0 spiro atoms. The van der Waals surface area contributed by atoms with E-state index in [1.165, 1.54) is 27.5 Å². The second kappa shape index (κ2) is 8.60. The largest absolute Gasteiger partial charge is 0.497 e. The fourth-order valence-corrected chi connectivity index (χ4v) is 2.44. The minimum Gasteiger partial charge on any atom is -0.497 e. The number of hydrazone groups is 1. The molecule has 0 saturated carbocycles. The summed E-state index contributed by atoms with van der Waals surface area (Å²) in [5.41, 5.74) is -2.47. The topological polar surface area (TPSA) is 163 Å². The summed E-state index contributed by atoms with van der Waals surface area (Å²) in [6.45, 7) is 0. The number of nitro groups is 3. The third kappa shape index (κ3) is 4.52. The van der Waals surface area contributed by atoms with Crippen molar-refractivity contribution in [2.45, 2.75) is 0 Å². The molecular formula is C16H15N5O8. The zero-order valence-corrected chi connectivity index (χ0v) is 15.5. The Balaban J connectivity index is 2.56. The van der Waals surface area contributed by atoms with Gasteiger partial charge in [-0.15, -0.1) is 0 Å². The number of hydrogen-bond donors (Lipinski definition) is 0. The van der Waals surface area contributed by atoms with Crippen LogP contribution in [-0.2, 0) is 0 Å². The molecular weight excluding hydrogens is 390 g/mol. The lowest BCUT2D eigenvalue weighted by molar-refractivity contribution is -0.402. The van der Waals surface area contributed by atoms with Crippen molar-refractivity contribution in [3.05, 3.63) is 66.2 Å². The minimum atomic E-state index is -0.949. The van der Waals surface area contributed by atoms with Crippen LogP contribution in [0.15, 0.2) is 35.4 Å². The average Bonchev–Trinajstić information content (AvgIpc) is 2.70. The van der Waals surface area contributed by atoms with Gasteiger partial charge in [0.15, 0.2) is 0 Å². The predicted molar refractivity (Wildman–Crippen MR) is 102 cm³/mol. The fourth-order valence-electron chi connectivity index (χ4n) is 2.44. The van der Waals surface area contributed by atoms with Crippen molar-refractivity contribution in [1.82, 2.24) is 0 Å². The number of hydrogen-bond acceptors (Lipinski definition) is 10. The van der Waals surface area contributed by atoms with Gasteiger partial charge in [-0.3, -0.25) is 35.4 Å². The van der Waals surface area contributed by atoms with Gasteiger partial charge in [-0.25, -0.2) is 0 Å². The van der Waals surface area contributed by atoms with Gasteiger partial charge in [-0.1, -0.05) is 0 Å². The van der Waals surface area contributed by atoms with Gasteiger partial charge in [0.25, 0.3) is 5.69 Å². The molecule has 0 aliphatic carbocycles. The highest BCUT2D eigenvalue weighted by Crippen LogP contribution is 2.40. The van der Waals surface area contributed by atoms with Gasteiger partial charge in [-0.2, -0.15) is 5.10 Å². The third-order valence-electron chi connectivity index (χ3n) is 3.79. The Hall–Kier alpha value is -4.29. The number of non-ortho nitro benzene ring substituents is 1. The van der Waals surface area contributed by atoms with Gasteiger partial charge in [0.2, 0.25) is 5.69 Å². The second-order valence-corrected chi connectivity index (χ2v) is 5.48. The number of anilines is 1. The quantitative estimate of drug-likeness (QED) is 0.365. The number of rotatable bonds is 8. The van der Waals surface area contributed by atoms with E-state index >= 15 is 0 Å². The molecule has 29 heavy (non-hydrogen) atoms. The molecule has 13 nitrogen and oxygen atoms in total. The van der Waals surface area contributed by atoms with Gasteiger partial charge >= 0.3 is 11.4 Å². The molecule has 0 aliphatic heterocycles. The van der Waals surface area contributed by atoms with E-state index in [0.717, 1.165) is 5.01 Å². The molecule has 0 unspecified atom stereocenters. The normalized spacial score (nSPS) is 10.6. The first-order valence-electron chi connectivity index (χ1n) is 7.80. The molecule has 0 atom stereocenters. The van der Waals surface area contributed by atoms with E-state index < -0.39 is 37.5 Å². The summed E-state index contributed by atoms with van der Waals surface area (Å²) in [4.78, 5) is 30.8. The van der Waals surface area contributed by atoms with E-state index in [-0.39, 0.29) is 0 Å². The Kier molecular flexibility index (Phi) is 6.23. The van der Waals surface area contributed by atoms with Gasteiger partial charge in [-0.05, 0) is 12.1 Å². The Morgan fingerprint density at radius 2 is 1.52 bits per heavy atom. The first-order chi connectivity index (χ1) is 13.7. The Bertz CT molecular complexity index is 972. The van der Waals surface area contributed by atoms with Gasteiger partial charge in [0.05, 0.1) is 47.3 Å². The lowest BCUT2D eigenvalue weighted by Crippen LogP contribution is -2.14. The summed E-state index contributed by atoms with van der Waals surface area (Å²) in [5.74, 6) is 0.906. The van der Waals surface area contributed by atoms with E-state index in [0.29, 0.717) is 29.2 Å². The summed E-state index contributed by atoms with van der Waals surface area (Å²) in [5, 5.41) is 38.6. The molecule has 0 radical (unpaired) electrons. The summed E-state index contributed by atoms with van der Waals surface area (Å²) < 4.78 is 10.3. The number of ether oxygens (including phenoxy) is 2. The third-order valence-corrected chi connectivity index (χ3v) is 3.79. The summed E-state index contributed by atoms with van der Waals surface area (Å²) in [7, 11) is 4.14. The minimum absolute atomic E-state index is 0.384. The van der Waals surface area contributed by atoms with Crippen LogP contribution in [0.1, 0.15) is 5.56 Å². The highest BCUT2D eigenvalue weighted by atomic mass is 16.6. The van der Waals surface area contributed by atoms with Crippen LogP contribution in [0.2, 0.25) is 0 Å². The van der Waals surface area contributed by atoms with Crippen LogP contribution in [0.4, 0.5) is 22.7 Å². The van der Waals surface area contributed by atoms with Crippen LogP contribution < -0.4 is 14.5 Å². The highest BCUT2D eigenvalue weighted by molar-refractivity contribution is 5.86. The van der Waals surface area contributed by atoms with Crippen LogP contribution in [0.5, 0.6) is 11.5 Å². The van der Waals surface area contributed by atoms with Gasteiger partial charge in [0, 0.05) is 18.7 Å². The van der Waals surface area contributed by atoms with Crippen molar-refractivity contribution in [1.29, 1.82) is 0 Å². The first kappa shape index (κ1) is 21.0. The molecule has 0 saturated heterocycles. The van der Waals surface area contributed by atoms with E-state index in [9.17, 15) is 30.3 Å². The van der Waals surface area contributed by atoms with E-state index in [1.807, 2.05) is 0 Å². The van der Waals surface area contributed by atoms with Crippen molar-refractivity contribution in [3.8, 4) is 11.5 Å². The standard InChI is InChI=1S/C16H15N5O8/c1-18(17-9-10-4-5-12(28-2)8-15(10)29-3)16-13(20(24)25)6-11(19(22)23)7-14(16)21(26)27/h4-9H,1-3H3. The number of benzene rings is 2. The molecule has 0 amide bonds. The number of nitro benzene ring substituents is 3. The maximum atomic E-state index is 11.4. The van der Waals surface area contributed by atoms with Crippen LogP contribution in [0.25, 0.3) is 0 Å². The smallest absolute Gasteiger partial charge is 0.308 e. The summed E-state index contributed by atoms with van der Waals surface area (Å²) in [6, 6.07) is 6.09. The Morgan fingerprint density at radius 3 is 1.97 bits per heavy atom. The monoisotopic (exact) mass is 405 g/mol. The van der Waals surface area contributed by atoms with Gasteiger partial charge in [0.1, 0.15) is 11.5 Å². The van der Waals surface area contributed by atoms with Crippen molar-refractivity contribution in [3.63, 3.8) is 0 Å². The van der Waals surface area contributed by atoms with Crippen molar-refractivity contribution < 1.29 is 24.2 Å². The molecule has 0 aromatic heterocycles. The van der Waals surface area contributed by atoms with Crippen LogP contribution in [-0.4, -0.2) is 42.3 Å². The van der Waals surface area contributed by atoms with Crippen molar-refractivity contribution in [2.24, 2.45) is 5.10 Å². The lowest BCUT2D eigenvalue weighted by atomic mass is 10.2. The molecule has 2 rings (SSSR count). The van der Waals surface area contributed by atoms with Crippen LogP contribution in [0, 0.1) is 30.3 Å². The molecule has 0 fully saturated rings. The van der Waals surface area contributed by atoms with E-state index in [4.69, 9.17) is 9.47 Å². The Labute approximate surface area is 163 Å². The summed E-state index contributed by atoms with van der Waals surface area (Å²) in [6.07, 6.45) is 1.27. The van der Waals surface area contributed by atoms with Crippen LogP contribution in [0.3, 0.4) is 0 Å². The highest BCUT2D eigenvalue weighted by Gasteiger charge is 2.33. The van der Waals surface area contributed by atoms with Crippen molar-refractivity contribution in [2.75, 3.05) is 26.3 Å². The van der Waals surface area contributed by atoms with E-state index in [1.54, 1.807) is 18.2 Å². The number of nitrogens with zero attached hydrogens (tertiary/aromatic N) is 5. The lowest BCUT2D eigenvalue weighted by Gasteiger charge is -2.13. The molecule has 2 aromatic rings. The molecule has 152 valence electrons. The zero-order valence-electron chi connectivity index (χ0n) is 15.5. The maximum absolute atomic E-state index is 11.4. The number of methoxy groups -OCH3 is 2.